The van der Waals surface area contributed by atoms with Gasteiger partial charge in [-0.15, -0.1) is 0 Å². The van der Waals surface area contributed by atoms with E-state index in [9.17, 15) is 16.8 Å². The normalized spacial score (nSPS) is 14.5. The van der Waals surface area contributed by atoms with Crippen LogP contribution in [0.15, 0.2) is 64.6 Å². The number of fused-ring (bicyclic) bond motifs is 2. The van der Waals surface area contributed by atoms with E-state index in [4.69, 9.17) is 0 Å². The molecule has 0 radical (unpaired) electrons. The third-order valence-corrected chi connectivity index (χ3v) is 30.0. The first-order valence-corrected chi connectivity index (χ1v) is 31.0. The molecule has 9 heteroatoms. The first-order chi connectivity index (χ1) is 25.2. The van der Waals surface area contributed by atoms with E-state index in [-0.39, 0.29) is 17.4 Å². The summed E-state index contributed by atoms with van der Waals surface area (Å²) in [5.74, 6) is 0.0635. The number of benzene rings is 1. The van der Waals surface area contributed by atoms with E-state index in [1.807, 2.05) is 30.3 Å². The van der Waals surface area contributed by atoms with Crippen molar-refractivity contribution in [1.29, 1.82) is 0 Å². The summed E-state index contributed by atoms with van der Waals surface area (Å²) >= 11 is -4.13. The van der Waals surface area contributed by atoms with Crippen LogP contribution in [-0.4, -0.2) is 52.8 Å². The molecule has 52 heavy (non-hydrogen) atoms. The fourth-order valence-corrected chi connectivity index (χ4v) is 31.8. The van der Waals surface area contributed by atoms with Gasteiger partial charge in [0.1, 0.15) is 0 Å². The summed E-state index contributed by atoms with van der Waals surface area (Å²) in [5, 5.41) is 0.889. The van der Waals surface area contributed by atoms with Gasteiger partial charge in [0.05, 0.1) is 0 Å². The van der Waals surface area contributed by atoms with Crippen LogP contribution in [0.2, 0.25) is 8.87 Å². The maximum absolute atomic E-state index is 14.5. The molecule has 4 rings (SSSR count). The van der Waals surface area contributed by atoms with Gasteiger partial charge >= 0.3 is 311 Å². The second-order valence-electron chi connectivity index (χ2n) is 15.5. The summed E-state index contributed by atoms with van der Waals surface area (Å²) in [7, 11) is -7.19. The Kier molecular flexibility index (Phi) is 17.9. The number of sulfone groups is 2. The zero-order chi connectivity index (χ0) is 37.5. The van der Waals surface area contributed by atoms with Crippen molar-refractivity contribution < 1.29 is 16.8 Å². The van der Waals surface area contributed by atoms with Crippen molar-refractivity contribution in [3.8, 4) is 0 Å². The summed E-state index contributed by atoms with van der Waals surface area (Å²) in [6.45, 7) is 8.85. The molecule has 0 bridgehead atoms. The Morgan fingerprint density at radius 1 is 0.462 bits per heavy atom. The first-order valence-electron chi connectivity index (χ1n) is 21.1. The van der Waals surface area contributed by atoms with Gasteiger partial charge in [0, 0.05) is 0 Å². The van der Waals surface area contributed by atoms with Gasteiger partial charge in [-0.2, -0.15) is 0 Å². The Morgan fingerprint density at radius 3 is 1.21 bits per heavy atom. The van der Waals surface area contributed by atoms with Crippen molar-refractivity contribution in [3.05, 3.63) is 71.5 Å². The summed E-state index contributed by atoms with van der Waals surface area (Å²) in [5.41, 5.74) is 3.16. The van der Waals surface area contributed by atoms with Crippen LogP contribution in [0, 0.1) is 0 Å². The molecule has 2 aromatic heterocycles. The molecule has 0 saturated carbocycles. The quantitative estimate of drug-likeness (QED) is 0.0565. The van der Waals surface area contributed by atoms with Crippen molar-refractivity contribution in [2.24, 2.45) is 0 Å². The van der Waals surface area contributed by atoms with Gasteiger partial charge in [-0.25, -0.2) is 0 Å². The van der Waals surface area contributed by atoms with E-state index < -0.39 is 38.6 Å². The number of hydrogen-bond acceptors (Lipinski definition) is 4. The number of unbranched alkanes of at least 4 members (excludes halogenated alkanes) is 16. The molecule has 0 aliphatic carbocycles. The molecule has 1 aromatic carbocycles. The van der Waals surface area contributed by atoms with Gasteiger partial charge in [-0.3, -0.25) is 0 Å². The zero-order valence-electron chi connectivity index (χ0n) is 33.1. The second kappa shape index (κ2) is 21.5. The Morgan fingerprint density at radius 2 is 0.827 bits per heavy atom. The number of hydrogen-bond donors (Lipinski definition) is 0. The summed E-state index contributed by atoms with van der Waals surface area (Å²) in [6, 6.07) is 18.2. The Balaban J connectivity index is 1.77. The molecule has 0 atom stereocenters. The van der Waals surface area contributed by atoms with Crippen molar-refractivity contribution in [2.75, 3.05) is 11.5 Å². The van der Waals surface area contributed by atoms with E-state index in [2.05, 4.69) is 57.5 Å². The van der Waals surface area contributed by atoms with Crippen LogP contribution in [0.3, 0.4) is 0 Å². The summed E-state index contributed by atoms with van der Waals surface area (Å²) < 4.78 is 64.5. The fourth-order valence-electron chi connectivity index (χ4n) is 8.48. The van der Waals surface area contributed by atoms with Crippen molar-refractivity contribution >= 4 is 38.6 Å². The number of nitrogens with zero attached hydrogens (tertiary/aromatic N) is 2. The zero-order valence-corrected chi connectivity index (χ0v) is 37.6. The van der Waals surface area contributed by atoms with Crippen molar-refractivity contribution in [2.45, 2.75) is 181 Å². The van der Waals surface area contributed by atoms with Crippen LogP contribution in [0.5, 0.6) is 0 Å². The monoisotopic (exact) mass is 862 g/mol. The van der Waals surface area contributed by atoms with Crippen LogP contribution < -0.4 is 0 Å². The maximum atomic E-state index is 14.5. The molecule has 0 unspecified atom stereocenters. The van der Waals surface area contributed by atoms with Crippen LogP contribution in [-0.2, 0) is 19.7 Å². The van der Waals surface area contributed by atoms with E-state index in [1.165, 1.54) is 64.2 Å². The molecule has 0 N–H and O–H groups in total. The molecule has 3 aromatic rings. The average Bonchev–Trinajstić information content (AvgIpc) is 3.80. The molecule has 0 amide bonds. The Labute approximate surface area is 323 Å². The molecule has 3 heterocycles. The van der Waals surface area contributed by atoms with Gasteiger partial charge < -0.3 is 0 Å². The van der Waals surface area contributed by atoms with Crippen LogP contribution in [0.4, 0.5) is 0 Å². The van der Waals surface area contributed by atoms with Crippen LogP contribution >= 0.6 is 0 Å². The average molecular weight is 862 g/mol. The van der Waals surface area contributed by atoms with E-state index in [0.717, 1.165) is 77.2 Å². The molecule has 6 nitrogen and oxygen atoms in total. The number of rotatable bonds is 27. The van der Waals surface area contributed by atoms with Gasteiger partial charge in [-0.1, -0.05) is 13.8 Å². The standard InChI is InChI=1S/C35H52N2O4S2.2C4H9.Sn/c1-3-5-7-9-11-13-15-20-28-42(38,39)33-26-24-31(36-33)35(30-22-18-17-19-23-30)32-25-27-34(37-32)43(40,41)29-21-16-14-12-10-8-6-4-2;2*1-3-4-2;/h17-19,22-27,35H,3-16,20-21,28-29H2,1-2H3;2*1,3-4H2,2H3;/q-2;;;+2. The van der Waals surface area contributed by atoms with Gasteiger partial charge in [0.2, 0.25) is 0 Å². The van der Waals surface area contributed by atoms with Gasteiger partial charge in [0.15, 0.2) is 0 Å². The van der Waals surface area contributed by atoms with E-state index in [0.29, 0.717) is 22.9 Å². The van der Waals surface area contributed by atoms with Crippen LogP contribution in [0.25, 0.3) is 0 Å². The minimum absolute atomic E-state index is 0.146. The molecule has 0 spiro atoms. The minimum atomic E-state index is -4.13. The number of aromatic nitrogens is 2. The predicted octanol–water partition coefficient (Wildman–Crippen LogP) is 12.1. The Bertz CT molecular complexity index is 1590. The third kappa shape index (κ3) is 10.8. The van der Waals surface area contributed by atoms with Crippen molar-refractivity contribution in [1.82, 2.24) is 5.58 Å². The second-order valence-corrected chi connectivity index (χ2v) is 30.6. The molecule has 1 aliphatic rings. The summed E-state index contributed by atoms with van der Waals surface area (Å²) in [4.78, 5) is 0. The van der Waals surface area contributed by atoms with Crippen molar-refractivity contribution in [3.63, 3.8) is 0 Å². The molecule has 1 aliphatic heterocycles. The molecular formula is C43H70N2O4S2Sn. The van der Waals surface area contributed by atoms with E-state index >= 15 is 0 Å². The topological polar surface area (TPSA) is 78.1 Å². The van der Waals surface area contributed by atoms with Gasteiger partial charge in [0.25, 0.3) is 0 Å². The molecular weight excluding hydrogens is 791 g/mol. The fraction of sp³-hybridized carbons (Fsp3) is 0.674. The van der Waals surface area contributed by atoms with Crippen LogP contribution in [0.1, 0.15) is 179 Å². The van der Waals surface area contributed by atoms with E-state index in [1.54, 1.807) is 0 Å². The summed E-state index contributed by atoms with van der Waals surface area (Å²) in [6.07, 6.45) is 21.5. The van der Waals surface area contributed by atoms with Gasteiger partial charge in [-0.05, 0) is 0 Å². The third-order valence-electron chi connectivity index (χ3n) is 11.3. The predicted molar refractivity (Wildman–Crippen MR) is 222 cm³/mol. The molecule has 292 valence electrons. The SMILES string of the molecule is CCCCCCCCCCS(=O)(=O)c1ccc2[n]1[Sn]([CH2]CCC)([CH2]CCC)[n]1c(ccc1S(=O)(=O)CCCCCCCCCC)C2c1ccccc1. The molecule has 0 saturated heterocycles. The molecule has 0 fully saturated rings. The first kappa shape index (κ1) is 43.2. The Hall–Kier alpha value is -1.52.